The molecule has 0 spiro atoms. The number of nitrogens with one attached hydrogen (secondary N) is 1. The van der Waals surface area contributed by atoms with E-state index in [1.54, 1.807) is 17.4 Å². The van der Waals surface area contributed by atoms with Crippen LogP contribution in [0, 0.1) is 10.1 Å². The molecule has 0 aliphatic carbocycles. The Bertz CT molecular complexity index is 543. The molecule has 6 heteroatoms. The van der Waals surface area contributed by atoms with Crippen molar-refractivity contribution in [1.29, 1.82) is 0 Å². The largest absolute Gasteiger partial charge is 0.309 e. The second-order valence-electron chi connectivity index (χ2n) is 3.81. The van der Waals surface area contributed by atoms with Crippen molar-refractivity contribution in [2.24, 2.45) is 0 Å². The van der Waals surface area contributed by atoms with Gasteiger partial charge in [0.25, 0.3) is 5.69 Å². The zero-order valence-electron chi connectivity index (χ0n) is 9.43. The monoisotopic (exact) mass is 326 g/mol. The van der Waals surface area contributed by atoms with Crippen LogP contribution < -0.4 is 5.32 Å². The maximum Gasteiger partial charge on any atom is 0.270 e. The first-order valence-electron chi connectivity index (χ1n) is 5.31. The van der Waals surface area contributed by atoms with Crippen LogP contribution in [0.2, 0.25) is 0 Å². The van der Waals surface area contributed by atoms with Crippen LogP contribution in [0.1, 0.15) is 11.1 Å². The van der Waals surface area contributed by atoms with Crippen molar-refractivity contribution in [3.63, 3.8) is 0 Å². The Morgan fingerprint density at radius 3 is 2.72 bits per heavy atom. The van der Waals surface area contributed by atoms with E-state index in [1.807, 2.05) is 11.4 Å². The van der Waals surface area contributed by atoms with Crippen LogP contribution in [-0.4, -0.2) is 4.92 Å². The molecule has 1 N–H and O–H groups in total. The van der Waals surface area contributed by atoms with E-state index in [0.29, 0.717) is 6.54 Å². The first-order chi connectivity index (χ1) is 8.65. The van der Waals surface area contributed by atoms with E-state index in [-0.39, 0.29) is 10.6 Å². The predicted molar refractivity (Wildman–Crippen MR) is 75.7 cm³/mol. The number of nitro groups is 1. The molecule has 0 amide bonds. The summed E-state index contributed by atoms with van der Waals surface area (Å²) in [5, 5.41) is 18.1. The summed E-state index contributed by atoms with van der Waals surface area (Å²) in [6, 6.07) is 7.03. The number of rotatable bonds is 5. The van der Waals surface area contributed by atoms with Crippen molar-refractivity contribution < 1.29 is 4.92 Å². The summed E-state index contributed by atoms with van der Waals surface area (Å²) in [5.41, 5.74) is 2.23. The number of benzene rings is 1. The fourth-order valence-corrected chi connectivity index (χ4v) is 2.78. The maximum absolute atomic E-state index is 10.7. The third-order valence-electron chi connectivity index (χ3n) is 2.39. The van der Waals surface area contributed by atoms with Crippen molar-refractivity contribution in [2.45, 2.75) is 13.1 Å². The third-order valence-corrected chi connectivity index (χ3v) is 3.58. The van der Waals surface area contributed by atoms with Crippen LogP contribution in [0.3, 0.4) is 0 Å². The lowest BCUT2D eigenvalue weighted by molar-refractivity contribution is -0.385. The molecule has 0 saturated carbocycles. The maximum atomic E-state index is 10.7. The summed E-state index contributed by atoms with van der Waals surface area (Å²) >= 11 is 4.94. The standard InChI is InChI=1S/C12H11BrN2O2S/c13-11-3-10(4-12(5-11)15(16)17)7-14-6-9-1-2-18-8-9/h1-5,8,14H,6-7H2. The molecule has 0 atom stereocenters. The van der Waals surface area contributed by atoms with E-state index in [9.17, 15) is 10.1 Å². The lowest BCUT2D eigenvalue weighted by Crippen LogP contribution is -2.12. The Morgan fingerprint density at radius 1 is 1.28 bits per heavy atom. The van der Waals surface area contributed by atoms with Crippen LogP contribution in [0.25, 0.3) is 0 Å². The van der Waals surface area contributed by atoms with Gasteiger partial charge in [0.05, 0.1) is 4.92 Å². The van der Waals surface area contributed by atoms with Crippen molar-refractivity contribution >= 4 is 33.0 Å². The van der Waals surface area contributed by atoms with Crippen LogP contribution in [0.5, 0.6) is 0 Å². The van der Waals surface area contributed by atoms with Gasteiger partial charge in [0.1, 0.15) is 0 Å². The Labute approximate surface area is 117 Å². The Balaban J connectivity index is 1.98. The van der Waals surface area contributed by atoms with Gasteiger partial charge >= 0.3 is 0 Å². The average Bonchev–Trinajstić information content (AvgIpc) is 2.81. The topological polar surface area (TPSA) is 55.2 Å². The highest BCUT2D eigenvalue weighted by Crippen LogP contribution is 2.21. The number of non-ortho nitro benzene ring substituents is 1. The molecule has 0 fully saturated rings. The molecule has 0 aliphatic heterocycles. The lowest BCUT2D eigenvalue weighted by atomic mass is 10.2. The molecule has 0 bridgehead atoms. The van der Waals surface area contributed by atoms with Gasteiger partial charge < -0.3 is 5.32 Å². The van der Waals surface area contributed by atoms with Gasteiger partial charge in [0, 0.05) is 29.7 Å². The van der Waals surface area contributed by atoms with Gasteiger partial charge in [-0.05, 0) is 34.0 Å². The molecule has 1 aromatic heterocycles. The molecular formula is C12H11BrN2O2S. The normalized spacial score (nSPS) is 10.5. The van der Waals surface area contributed by atoms with Gasteiger partial charge in [-0.1, -0.05) is 15.9 Å². The molecule has 1 heterocycles. The van der Waals surface area contributed by atoms with E-state index < -0.39 is 0 Å². The highest BCUT2D eigenvalue weighted by atomic mass is 79.9. The van der Waals surface area contributed by atoms with E-state index in [2.05, 4.69) is 32.7 Å². The Hall–Kier alpha value is -1.24. The molecule has 2 aromatic rings. The summed E-state index contributed by atoms with van der Waals surface area (Å²) in [6.45, 7) is 1.37. The smallest absolute Gasteiger partial charge is 0.270 e. The zero-order chi connectivity index (χ0) is 13.0. The van der Waals surface area contributed by atoms with E-state index in [1.165, 1.54) is 11.6 Å². The first-order valence-corrected chi connectivity index (χ1v) is 7.04. The van der Waals surface area contributed by atoms with Crippen LogP contribution in [-0.2, 0) is 13.1 Å². The van der Waals surface area contributed by atoms with Gasteiger partial charge in [0.2, 0.25) is 0 Å². The van der Waals surface area contributed by atoms with Crippen molar-refractivity contribution in [1.82, 2.24) is 5.32 Å². The summed E-state index contributed by atoms with van der Waals surface area (Å²) in [5.74, 6) is 0. The average molecular weight is 327 g/mol. The van der Waals surface area contributed by atoms with Crippen molar-refractivity contribution in [3.8, 4) is 0 Å². The van der Waals surface area contributed by atoms with Gasteiger partial charge in [-0.2, -0.15) is 11.3 Å². The van der Waals surface area contributed by atoms with Crippen molar-refractivity contribution in [3.05, 3.63) is 60.7 Å². The van der Waals surface area contributed by atoms with E-state index >= 15 is 0 Å². The number of nitro benzene ring substituents is 1. The highest BCUT2D eigenvalue weighted by molar-refractivity contribution is 9.10. The number of halogens is 1. The fourth-order valence-electron chi connectivity index (χ4n) is 1.59. The lowest BCUT2D eigenvalue weighted by Gasteiger charge is -2.04. The minimum Gasteiger partial charge on any atom is -0.309 e. The number of hydrogen-bond acceptors (Lipinski definition) is 4. The molecule has 1 aromatic carbocycles. The fraction of sp³-hybridized carbons (Fsp3) is 0.167. The number of thiophene rings is 1. The molecule has 0 aliphatic rings. The second kappa shape index (κ2) is 6.08. The summed E-state index contributed by atoms with van der Waals surface area (Å²) < 4.78 is 0.726. The van der Waals surface area contributed by atoms with Gasteiger partial charge in [-0.3, -0.25) is 10.1 Å². The van der Waals surface area contributed by atoms with Gasteiger partial charge in [0.15, 0.2) is 0 Å². The minimum absolute atomic E-state index is 0.108. The quantitative estimate of drug-likeness (QED) is 0.673. The molecule has 0 saturated heterocycles. The molecule has 0 unspecified atom stereocenters. The van der Waals surface area contributed by atoms with E-state index in [4.69, 9.17) is 0 Å². The Kier molecular flexibility index (Phi) is 4.46. The summed E-state index contributed by atoms with van der Waals surface area (Å²) in [6.07, 6.45) is 0. The predicted octanol–water partition coefficient (Wildman–Crippen LogP) is 3.71. The molecular weight excluding hydrogens is 316 g/mol. The zero-order valence-corrected chi connectivity index (χ0v) is 11.8. The highest BCUT2D eigenvalue weighted by Gasteiger charge is 2.08. The van der Waals surface area contributed by atoms with Gasteiger partial charge in [-0.25, -0.2) is 0 Å². The molecule has 4 nitrogen and oxygen atoms in total. The number of nitrogens with zero attached hydrogens (tertiary/aromatic N) is 1. The summed E-state index contributed by atoms with van der Waals surface area (Å²) in [4.78, 5) is 10.3. The molecule has 0 radical (unpaired) electrons. The van der Waals surface area contributed by atoms with Gasteiger partial charge in [-0.15, -0.1) is 0 Å². The first kappa shape index (κ1) is 13.2. The van der Waals surface area contributed by atoms with Crippen LogP contribution >= 0.6 is 27.3 Å². The SMILES string of the molecule is O=[N+]([O-])c1cc(Br)cc(CNCc2ccsc2)c1. The van der Waals surface area contributed by atoms with Crippen LogP contribution in [0.15, 0.2) is 39.5 Å². The van der Waals surface area contributed by atoms with Crippen LogP contribution in [0.4, 0.5) is 5.69 Å². The minimum atomic E-state index is -0.382. The molecule has 94 valence electrons. The van der Waals surface area contributed by atoms with Crippen molar-refractivity contribution in [2.75, 3.05) is 0 Å². The Morgan fingerprint density at radius 2 is 2.06 bits per heavy atom. The second-order valence-corrected chi connectivity index (χ2v) is 5.51. The molecule has 18 heavy (non-hydrogen) atoms. The molecule has 2 rings (SSSR count). The summed E-state index contributed by atoms with van der Waals surface area (Å²) in [7, 11) is 0. The number of hydrogen-bond donors (Lipinski definition) is 1. The van der Waals surface area contributed by atoms with E-state index in [0.717, 1.165) is 16.6 Å². The third kappa shape index (κ3) is 3.63.